The first-order valence-electron chi connectivity index (χ1n) is 8.75. The molecule has 0 radical (unpaired) electrons. The van der Waals surface area contributed by atoms with Gasteiger partial charge in [0.05, 0.1) is 13.6 Å². The van der Waals surface area contributed by atoms with Crippen molar-refractivity contribution >= 4 is 19.5 Å². The fourth-order valence-corrected chi connectivity index (χ4v) is 5.51. The Bertz CT molecular complexity index is 600. The number of hydrogen-bond acceptors (Lipinski definition) is 1. The van der Waals surface area contributed by atoms with Crippen LogP contribution in [0.1, 0.15) is 43.7 Å². The molecule has 2 nitrogen and oxygen atoms in total. The van der Waals surface area contributed by atoms with Crippen LogP contribution in [0.3, 0.4) is 0 Å². The molecule has 1 aliphatic heterocycles. The lowest BCUT2D eigenvalue weighted by Crippen LogP contribution is -2.44. The lowest BCUT2D eigenvalue weighted by molar-refractivity contribution is -0.601. The molecule has 1 saturated carbocycles. The smallest absolute Gasteiger partial charge is 0.287 e. The van der Waals surface area contributed by atoms with E-state index in [1.165, 1.54) is 42.0 Å². The van der Waals surface area contributed by atoms with Gasteiger partial charge in [0.25, 0.3) is 6.73 Å². The van der Waals surface area contributed by atoms with E-state index in [9.17, 15) is 0 Å². The van der Waals surface area contributed by atoms with Crippen LogP contribution in [0.2, 0.25) is 19.6 Å². The molecule has 0 amide bonds. The van der Waals surface area contributed by atoms with Crippen molar-refractivity contribution in [1.82, 2.24) is 0 Å². The Morgan fingerprint density at radius 3 is 2.55 bits per heavy atom. The maximum Gasteiger partial charge on any atom is 0.287 e. The fraction of sp³-hybridized carbons (Fsp3) is 0.632. The number of aryl methyl sites for hydroxylation is 1. The zero-order valence-electron chi connectivity index (χ0n) is 14.8. The van der Waals surface area contributed by atoms with E-state index in [4.69, 9.17) is 4.74 Å². The van der Waals surface area contributed by atoms with E-state index < -0.39 is 8.07 Å². The molecule has 120 valence electrons. The zero-order chi connectivity index (χ0) is 15.9. The highest BCUT2D eigenvalue weighted by atomic mass is 28.3. The van der Waals surface area contributed by atoms with E-state index in [1.54, 1.807) is 0 Å². The number of benzene rings is 1. The topological polar surface area (TPSA) is 12.2 Å². The van der Waals surface area contributed by atoms with Crippen molar-refractivity contribution in [3.8, 4) is 5.75 Å². The molecular weight excluding hydrogens is 286 g/mol. The maximum atomic E-state index is 6.28. The second-order valence-electron chi connectivity index (χ2n) is 8.23. The van der Waals surface area contributed by atoms with Crippen LogP contribution in [0.25, 0.3) is 0 Å². The highest BCUT2D eigenvalue weighted by Gasteiger charge is 2.34. The van der Waals surface area contributed by atoms with Crippen molar-refractivity contribution in [3.63, 3.8) is 0 Å². The monoisotopic (exact) mass is 316 g/mol. The Labute approximate surface area is 136 Å². The highest BCUT2D eigenvalue weighted by molar-refractivity contribution is 6.89. The summed E-state index contributed by atoms with van der Waals surface area (Å²) in [4.78, 5) is 0. The molecule has 1 fully saturated rings. The largest absolute Gasteiger partial charge is 0.436 e. The summed E-state index contributed by atoms with van der Waals surface area (Å²) in [6, 6.07) is 5.29. The predicted octanol–water partition coefficient (Wildman–Crippen LogP) is 3.90. The van der Waals surface area contributed by atoms with Gasteiger partial charge in [0, 0.05) is 12.3 Å². The fourth-order valence-electron chi connectivity index (χ4n) is 3.95. The Balaban J connectivity index is 2.00. The zero-order valence-corrected chi connectivity index (χ0v) is 15.8. The minimum absolute atomic E-state index is 0.651. The normalized spacial score (nSPS) is 25.2. The Morgan fingerprint density at radius 1 is 1.14 bits per heavy atom. The van der Waals surface area contributed by atoms with Crippen molar-refractivity contribution in [2.45, 2.75) is 65.2 Å². The third-order valence-corrected chi connectivity index (χ3v) is 7.21. The van der Waals surface area contributed by atoms with E-state index in [0.717, 1.165) is 18.4 Å². The van der Waals surface area contributed by atoms with Crippen molar-refractivity contribution in [2.75, 3.05) is 6.73 Å². The van der Waals surface area contributed by atoms with Gasteiger partial charge < -0.3 is 4.74 Å². The van der Waals surface area contributed by atoms with Crippen molar-refractivity contribution in [1.29, 1.82) is 0 Å². The molecular formula is C19H30NOSi+. The van der Waals surface area contributed by atoms with Gasteiger partial charge in [-0.3, -0.25) is 0 Å². The van der Waals surface area contributed by atoms with Gasteiger partial charge in [0.2, 0.25) is 0 Å². The van der Waals surface area contributed by atoms with Gasteiger partial charge in [-0.25, -0.2) is 0 Å². The van der Waals surface area contributed by atoms with Crippen LogP contribution in [0, 0.1) is 12.8 Å². The molecule has 1 aliphatic carbocycles. The first kappa shape index (κ1) is 15.8. The van der Waals surface area contributed by atoms with Gasteiger partial charge in [-0.2, -0.15) is 4.58 Å². The highest BCUT2D eigenvalue weighted by Crippen LogP contribution is 2.29. The molecule has 1 heterocycles. The SMILES string of the molecule is Cc1cc2c(c([Si](C)(C)C)c1)OC[N+](C1CCCCC1C)=C2. The van der Waals surface area contributed by atoms with Crippen LogP contribution in [0.4, 0.5) is 0 Å². The van der Waals surface area contributed by atoms with E-state index >= 15 is 0 Å². The average Bonchev–Trinajstić information content (AvgIpc) is 2.45. The minimum atomic E-state index is -1.38. The third kappa shape index (κ3) is 3.01. The summed E-state index contributed by atoms with van der Waals surface area (Å²) in [5.41, 5.74) is 2.65. The van der Waals surface area contributed by atoms with Gasteiger partial charge in [-0.1, -0.05) is 44.6 Å². The molecule has 0 N–H and O–H groups in total. The molecule has 2 atom stereocenters. The summed E-state index contributed by atoms with van der Waals surface area (Å²) in [5.74, 6) is 1.93. The van der Waals surface area contributed by atoms with E-state index in [2.05, 4.69) is 56.4 Å². The molecule has 2 aliphatic rings. The Morgan fingerprint density at radius 2 is 1.86 bits per heavy atom. The minimum Gasteiger partial charge on any atom is -0.436 e. The van der Waals surface area contributed by atoms with E-state index in [1.807, 2.05) is 0 Å². The lowest BCUT2D eigenvalue weighted by Gasteiger charge is -2.30. The molecule has 1 aromatic carbocycles. The molecule has 3 heteroatoms. The van der Waals surface area contributed by atoms with Gasteiger partial charge in [0.15, 0.2) is 12.3 Å². The van der Waals surface area contributed by atoms with Crippen molar-refractivity contribution in [3.05, 3.63) is 23.3 Å². The van der Waals surface area contributed by atoms with Crippen LogP contribution in [0.15, 0.2) is 12.1 Å². The second kappa shape index (κ2) is 5.84. The first-order valence-corrected chi connectivity index (χ1v) is 12.2. The maximum absolute atomic E-state index is 6.28. The number of hydrogen-bond donors (Lipinski definition) is 0. The molecule has 22 heavy (non-hydrogen) atoms. The summed E-state index contributed by atoms with van der Waals surface area (Å²) in [6.07, 6.45) is 7.79. The van der Waals surface area contributed by atoms with Crippen LogP contribution < -0.4 is 9.92 Å². The van der Waals surface area contributed by atoms with Gasteiger partial charge in [0.1, 0.15) is 5.75 Å². The Kier molecular flexibility index (Phi) is 4.19. The van der Waals surface area contributed by atoms with E-state index in [-0.39, 0.29) is 0 Å². The number of fused-ring (bicyclic) bond motifs is 1. The molecule has 0 saturated heterocycles. The summed E-state index contributed by atoms with van der Waals surface area (Å²) >= 11 is 0. The molecule has 0 aromatic heterocycles. The first-order chi connectivity index (χ1) is 10.4. The van der Waals surface area contributed by atoms with E-state index in [0.29, 0.717) is 6.04 Å². The average molecular weight is 317 g/mol. The molecule has 3 rings (SSSR count). The summed E-state index contributed by atoms with van der Waals surface area (Å²) in [6.45, 7) is 12.5. The van der Waals surface area contributed by atoms with Crippen molar-refractivity contribution < 1.29 is 9.31 Å². The molecule has 2 unspecified atom stereocenters. The van der Waals surface area contributed by atoms with Gasteiger partial charge in [-0.05, 0) is 31.0 Å². The summed E-state index contributed by atoms with van der Waals surface area (Å²) < 4.78 is 8.74. The van der Waals surface area contributed by atoms with Gasteiger partial charge >= 0.3 is 0 Å². The number of rotatable bonds is 2. The molecule has 0 spiro atoms. The van der Waals surface area contributed by atoms with Crippen molar-refractivity contribution in [2.24, 2.45) is 5.92 Å². The molecule has 1 aromatic rings. The summed E-state index contributed by atoms with van der Waals surface area (Å²) in [7, 11) is -1.38. The quantitative estimate of drug-likeness (QED) is 0.595. The van der Waals surface area contributed by atoms with Crippen LogP contribution in [0.5, 0.6) is 5.75 Å². The molecule has 0 bridgehead atoms. The lowest BCUT2D eigenvalue weighted by atomic mass is 9.85. The second-order valence-corrected chi connectivity index (χ2v) is 13.3. The summed E-state index contributed by atoms with van der Waals surface area (Å²) in [5, 5.41) is 1.47. The van der Waals surface area contributed by atoms with Gasteiger partial charge in [-0.15, -0.1) is 0 Å². The van der Waals surface area contributed by atoms with Crippen LogP contribution in [-0.4, -0.2) is 31.6 Å². The third-order valence-electron chi connectivity index (χ3n) is 5.23. The standard InChI is InChI=1S/C19H30NOSi/c1-14-10-16-12-20(17-9-7-6-8-15(17)2)13-21-19(16)18(11-14)22(3,4)5/h10-12,15,17H,6-9,13H2,1-5H3/q+1. The predicted molar refractivity (Wildman–Crippen MR) is 96.5 cm³/mol. The Hall–Kier alpha value is -1.09. The van der Waals surface area contributed by atoms with Crippen LogP contribution >= 0.6 is 0 Å². The number of ether oxygens (including phenoxy) is 1. The van der Waals surface area contributed by atoms with Crippen LogP contribution in [-0.2, 0) is 0 Å². The number of nitrogens with zero attached hydrogens (tertiary/aromatic N) is 1.